The Bertz CT molecular complexity index is 316. The summed E-state index contributed by atoms with van der Waals surface area (Å²) in [7, 11) is 0. The molecule has 0 spiro atoms. The lowest BCUT2D eigenvalue weighted by Crippen LogP contribution is -2.22. The number of aryl methyl sites for hydroxylation is 1. The lowest BCUT2D eigenvalue weighted by atomic mass is 9.83. The molecule has 0 saturated carbocycles. The first kappa shape index (κ1) is 10.9. The number of hydrogen-bond acceptors (Lipinski definition) is 2. The highest BCUT2D eigenvalue weighted by Gasteiger charge is 2.30. The van der Waals surface area contributed by atoms with E-state index in [9.17, 15) is 4.91 Å². The molecule has 0 aromatic heterocycles. The van der Waals surface area contributed by atoms with Crippen LogP contribution in [-0.4, -0.2) is 0 Å². The summed E-state index contributed by atoms with van der Waals surface area (Å²) >= 11 is 0. The van der Waals surface area contributed by atoms with Crippen LogP contribution in [-0.2, 0) is 5.54 Å². The fourth-order valence-corrected chi connectivity index (χ4v) is 1.90. The molecule has 1 aromatic rings. The monoisotopic (exact) mass is 191 g/mol. The van der Waals surface area contributed by atoms with Gasteiger partial charge in [0.2, 0.25) is 0 Å². The van der Waals surface area contributed by atoms with Gasteiger partial charge in [-0.05, 0) is 30.9 Å². The van der Waals surface area contributed by atoms with Crippen molar-refractivity contribution in [1.29, 1.82) is 0 Å². The molecule has 0 saturated heterocycles. The molecule has 2 nitrogen and oxygen atoms in total. The Morgan fingerprint density at radius 2 is 1.79 bits per heavy atom. The van der Waals surface area contributed by atoms with Crippen molar-refractivity contribution < 1.29 is 0 Å². The van der Waals surface area contributed by atoms with E-state index in [1.807, 2.05) is 45.0 Å². The van der Waals surface area contributed by atoms with Gasteiger partial charge in [-0.3, -0.25) is 0 Å². The van der Waals surface area contributed by atoms with Crippen molar-refractivity contribution in [3.63, 3.8) is 0 Å². The molecule has 0 atom stereocenters. The van der Waals surface area contributed by atoms with Gasteiger partial charge < -0.3 is 0 Å². The Balaban J connectivity index is 3.24. The number of hydrogen-bond donors (Lipinski definition) is 0. The molecule has 14 heavy (non-hydrogen) atoms. The predicted octanol–water partition coefficient (Wildman–Crippen LogP) is 3.78. The van der Waals surface area contributed by atoms with Crippen LogP contribution in [0.4, 0.5) is 0 Å². The molecule has 0 fully saturated rings. The highest BCUT2D eigenvalue weighted by molar-refractivity contribution is 5.32. The number of benzene rings is 1. The van der Waals surface area contributed by atoms with Gasteiger partial charge in [0, 0.05) is 0 Å². The minimum atomic E-state index is -0.522. The maximum absolute atomic E-state index is 11.0. The molecule has 0 aliphatic heterocycles. The van der Waals surface area contributed by atoms with Crippen LogP contribution in [0.1, 0.15) is 37.8 Å². The predicted molar refractivity (Wildman–Crippen MR) is 59.2 cm³/mol. The van der Waals surface area contributed by atoms with Crippen LogP contribution in [0.3, 0.4) is 0 Å². The van der Waals surface area contributed by atoms with Gasteiger partial charge in [0.05, 0.1) is 0 Å². The highest BCUT2D eigenvalue weighted by Crippen LogP contribution is 2.34. The largest absolute Gasteiger partial charge is 0.150 e. The molecule has 0 heterocycles. The van der Waals surface area contributed by atoms with Crippen molar-refractivity contribution in [2.45, 2.75) is 39.2 Å². The van der Waals surface area contributed by atoms with Crippen LogP contribution in [0.15, 0.2) is 29.4 Å². The molecule has 0 aliphatic rings. The SMILES string of the molecule is CCC(CC)(N=O)c1ccccc1C. The first-order valence-electron chi connectivity index (χ1n) is 5.10. The van der Waals surface area contributed by atoms with E-state index >= 15 is 0 Å². The van der Waals surface area contributed by atoms with Gasteiger partial charge in [-0.25, -0.2) is 0 Å². The summed E-state index contributed by atoms with van der Waals surface area (Å²) in [6.07, 6.45) is 1.52. The van der Waals surface area contributed by atoms with Crippen LogP contribution in [0.25, 0.3) is 0 Å². The van der Waals surface area contributed by atoms with E-state index in [1.165, 1.54) is 0 Å². The van der Waals surface area contributed by atoms with Gasteiger partial charge in [-0.15, -0.1) is 4.91 Å². The first-order valence-corrected chi connectivity index (χ1v) is 5.10. The molecule has 0 radical (unpaired) electrons. The Hall–Kier alpha value is -1.18. The zero-order chi connectivity index (χ0) is 10.6. The van der Waals surface area contributed by atoms with E-state index in [4.69, 9.17) is 0 Å². The first-order chi connectivity index (χ1) is 6.70. The number of nitroso groups, excluding NO2 is 1. The summed E-state index contributed by atoms with van der Waals surface area (Å²) in [5.41, 5.74) is 1.70. The Morgan fingerprint density at radius 1 is 1.21 bits per heavy atom. The molecule has 0 amide bonds. The Labute approximate surface area is 85.3 Å². The second-order valence-corrected chi connectivity index (χ2v) is 3.64. The van der Waals surface area contributed by atoms with Gasteiger partial charge in [-0.2, -0.15) is 0 Å². The second kappa shape index (κ2) is 4.36. The third-order valence-corrected chi connectivity index (χ3v) is 2.99. The van der Waals surface area contributed by atoms with Crippen molar-refractivity contribution in [1.82, 2.24) is 0 Å². The van der Waals surface area contributed by atoms with Crippen molar-refractivity contribution in [3.8, 4) is 0 Å². The second-order valence-electron chi connectivity index (χ2n) is 3.64. The minimum absolute atomic E-state index is 0.522. The number of nitrogens with zero attached hydrogens (tertiary/aromatic N) is 1. The molecule has 2 heteroatoms. The minimum Gasteiger partial charge on any atom is -0.150 e. The summed E-state index contributed by atoms with van der Waals surface area (Å²) in [6.45, 7) is 6.05. The van der Waals surface area contributed by atoms with Gasteiger partial charge in [0.25, 0.3) is 0 Å². The molecule has 0 bridgehead atoms. The quantitative estimate of drug-likeness (QED) is 0.666. The topological polar surface area (TPSA) is 29.4 Å². The lowest BCUT2D eigenvalue weighted by molar-refractivity contribution is 0.410. The normalized spacial score (nSPS) is 11.4. The molecule has 1 rings (SSSR count). The molecule has 76 valence electrons. The van der Waals surface area contributed by atoms with Crippen LogP contribution >= 0.6 is 0 Å². The van der Waals surface area contributed by atoms with E-state index in [0.29, 0.717) is 0 Å². The van der Waals surface area contributed by atoms with Crippen molar-refractivity contribution in [2.24, 2.45) is 5.18 Å². The van der Waals surface area contributed by atoms with Crippen LogP contribution in [0.5, 0.6) is 0 Å². The molecular weight excluding hydrogens is 174 g/mol. The van der Waals surface area contributed by atoms with Gasteiger partial charge >= 0.3 is 0 Å². The summed E-state index contributed by atoms with van der Waals surface area (Å²) in [5.74, 6) is 0. The van der Waals surface area contributed by atoms with Gasteiger partial charge in [0.1, 0.15) is 5.54 Å². The fourth-order valence-electron chi connectivity index (χ4n) is 1.90. The molecular formula is C12H17NO. The zero-order valence-corrected chi connectivity index (χ0v) is 9.08. The highest BCUT2D eigenvalue weighted by atomic mass is 16.3. The average Bonchev–Trinajstić information content (AvgIpc) is 2.24. The van der Waals surface area contributed by atoms with E-state index in [0.717, 1.165) is 24.0 Å². The van der Waals surface area contributed by atoms with Crippen molar-refractivity contribution >= 4 is 0 Å². The van der Waals surface area contributed by atoms with Crippen LogP contribution in [0.2, 0.25) is 0 Å². The van der Waals surface area contributed by atoms with E-state index in [2.05, 4.69) is 5.18 Å². The van der Waals surface area contributed by atoms with E-state index in [1.54, 1.807) is 0 Å². The molecule has 1 aromatic carbocycles. The van der Waals surface area contributed by atoms with Gasteiger partial charge in [-0.1, -0.05) is 43.3 Å². The summed E-state index contributed by atoms with van der Waals surface area (Å²) in [4.78, 5) is 11.0. The summed E-state index contributed by atoms with van der Waals surface area (Å²) < 4.78 is 0. The summed E-state index contributed by atoms with van der Waals surface area (Å²) in [5, 5.41) is 3.34. The van der Waals surface area contributed by atoms with Crippen molar-refractivity contribution in [2.75, 3.05) is 0 Å². The maximum atomic E-state index is 11.0. The van der Waals surface area contributed by atoms with E-state index in [-0.39, 0.29) is 0 Å². The third-order valence-electron chi connectivity index (χ3n) is 2.99. The molecule has 0 aliphatic carbocycles. The van der Waals surface area contributed by atoms with E-state index < -0.39 is 5.54 Å². The molecule has 0 N–H and O–H groups in total. The fraction of sp³-hybridized carbons (Fsp3) is 0.500. The standard InChI is InChI=1S/C12H17NO/c1-4-12(5-2,13-14)11-9-7-6-8-10(11)3/h6-9H,4-5H2,1-3H3. The smallest absolute Gasteiger partial charge is 0.127 e. The van der Waals surface area contributed by atoms with Crippen molar-refractivity contribution in [3.05, 3.63) is 40.3 Å². The Morgan fingerprint density at radius 3 is 2.21 bits per heavy atom. The van der Waals surface area contributed by atoms with Crippen LogP contribution < -0.4 is 0 Å². The number of rotatable bonds is 4. The zero-order valence-electron chi connectivity index (χ0n) is 9.08. The summed E-state index contributed by atoms with van der Waals surface area (Å²) in [6, 6.07) is 7.98. The third kappa shape index (κ3) is 1.69. The van der Waals surface area contributed by atoms with Crippen LogP contribution in [0, 0.1) is 11.8 Å². The lowest BCUT2D eigenvalue weighted by Gasteiger charge is -2.25. The Kier molecular flexibility index (Phi) is 3.39. The average molecular weight is 191 g/mol. The molecule has 0 unspecified atom stereocenters. The maximum Gasteiger partial charge on any atom is 0.127 e. The van der Waals surface area contributed by atoms with Gasteiger partial charge in [0.15, 0.2) is 0 Å².